The van der Waals surface area contributed by atoms with Crippen molar-refractivity contribution in [3.8, 4) is 6.07 Å². The molecule has 1 aromatic rings. The molecule has 0 spiro atoms. The van der Waals surface area contributed by atoms with Crippen molar-refractivity contribution < 1.29 is 0 Å². The molecule has 0 heterocycles. The Balaban J connectivity index is 3.12. The molecule has 0 aliphatic rings. The first kappa shape index (κ1) is 8.28. The summed E-state index contributed by atoms with van der Waals surface area (Å²) in [6.45, 7) is 1.88. The number of nitriles is 1. The maximum absolute atomic E-state index is 8.63. The van der Waals surface area contributed by atoms with Gasteiger partial charge in [0.1, 0.15) is 0 Å². The van der Waals surface area contributed by atoms with Gasteiger partial charge in [-0.15, -0.1) is 0 Å². The summed E-state index contributed by atoms with van der Waals surface area (Å²) in [6.07, 6.45) is 1.55. The predicted octanol–water partition coefficient (Wildman–Crippen LogP) is 1.16. The molecule has 0 aliphatic heterocycles. The lowest BCUT2D eigenvalue weighted by Crippen LogP contribution is -1.89. The first-order chi connectivity index (χ1) is 5.77. The molecule has 0 radical (unpaired) electrons. The van der Waals surface area contributed by atoms with E-state index in [-0.39, 0.29) is 0 Å². The molecular formula is C9H9N3. The van der Waals surface area contributed by atoms with Crippen LogP contribution in [-0.4, -0.2) is 6.21 Å². The van der Waals surface area contributed by atoms with E-state index >= 15 is 0 Å². The summed E-state index contributed by atoms with van der Waals surface area (Å²) >= 11 is 0. The minimum absolute atomic E-state index is 0.684. The number of hydrazone groups is 1. The fourth-order valence-electron chi connectivity index (χ4n) is 0.979. The Morgan fingerprint density at radius 2 is 2.33 bits per heavy atom. The van der Waals surface area contributed by atoms with Crippen LogP contribution in [0.15, 0.2) is 23.3 Å². The first-order valence-corrected chi connectivity index (χ1v) is 3.52. The summed E-state index contributed by atoms with van der Waals surface area (Å²) in [5.41, 5.74) is 2.54. The molecule has 3 heteroatoms. The van der Waals surface area contributed by atoms with Crippen molar-refractivity contribution in [2.75, 3.05) is 0 Å². The molecule has 0 unspecified atom stereocenters. The van der Waals surface area contributed by atoms with Crippen LogP contribution in [0.2, 0.25) is 0 Å². The zero-order valence-corrected chi connectivity index (χ0v) is 6.78. The molecule has 0 fully saturated rings. The molecule has 0 aromatic heterocycles. The van der Waals surface area contributed by atoms with Gasteiger partial charge in [-0.05, 0) is 30.2 Å². The minimum atomic E-state index is 0.684. The van der Waals surface area contributed by atoms with Crippen LogP contribution in [0.1, 0.15) is 16.7 Å². The highest BCUT2D eigenvalue weighted by Gasteiger charge is 1.96. The Morgan fingerprint density at radius 1 is 1.58 bits per heavy atom. The summed E-state index contributed by atoms with van der Waals surface area (Å²) < 4.78 is 0. The molecule has 0 saturated heterocycles. The number of nitrogens with zero attached hydrogens (tertiary/aromatic N) is 2. The van der Waals surface area contributed by atoms with Crippen molar-refractivity contribution in [2.24, 2.45) is 10.9 Å². The average molecular weight is 159 g/mol. The number of benzene rings is 1. The third-order valence-electron chi connectivity index (χ3n) is 1.59. The topological polar surface area (TPSA) is 62.2 Å². The van der Waals surface area contributed by atoms with Crippen LogP contribution >= 0.6 is 0 Å². The van der Waals surface area contributed by atoms with Crippen molar-refractivity contribution in [1.82, 2.24) is 0 Å². The largest absolute Gasteiger partial charge is 0.323 e. The second kappa shape index (κ2) is 3.54. The number of nitrogens with two attached hydrogens (primary N) is 1. The van der Waals surface area contributed by atoms with Crippen LogP contribution in [0.4, 0.5) is 0 Å². The van der Waals surface area contributed by atoms with Crippen LogP contribution in [0.25, 0.3) is 0 Å². The highest BCUT2D eigenvalue weighted by Crippen LogP contribution is 2.07. The van der Waals surface area contributed by atoms with Gasteiger partial charge in [-0.25, -0.2) is 0 Å². The van der Waals surface area contributed by atoms with Crippen molar-refractivity contribution in [3.05, 3.63) is 34.9 Å². The van der Waals surface area contributed by atoms with Crippen LogP contribution in [0.5, 0.6) is 0 Å². The van der Waals surface area contributed by atoms with Gasteiger partial charge in [0.2, 0.25) is 0 Å². The molecule has 0 amide bonds. The summed E-state index contributed by atoms with van der Waals surface area (Å²) in [4.78, 5) is 0. The Bertz CT molecular complexity index is 347. The summed E-state index contributed by atoms with van der Waals surface area (Å²) in [7, 11) is 0. The van der Waals surface area contributed by atoms with E-state index in [2.05, 4.69) is 11.2 Å². The SMILES string of the molecule is Cc1cc(C=NN)ccc1C#N. The quantitative estimate of drug-likeness (QED) is 0.379. The van der Waals surface area contributed by atoms with Gasteiger partial charge in [-0.3, -0.25) is 0 Å². The molecule has 0 aliphatic carbocycles. The fraction of sp³-hybridized carbons (Fsp3) is 0.111. The van der Waals surface area contributed by atoms with Gasteiger partial charge in [0, 0.05) is 0 Å². The van der Waals surface area contributed by atoms with Crippen LogP contribution in [0.3, 0.4) is 0 Å². The molecule has 2 N–H and O–H groups in total. The monoisotopic (exact) mass is 159 g/mol. The van der Waals surface area contributed by atoms with Gasteiger partial charge in [0.15, 0.2) is 0 Å². The van der Waals surface area contributed by atoms with E-state index in [1.54, 1.807) is 12.3 Å². The summed E-state index contributed by atoms with van der Waals surface area (Å²) in [5, 5.41) is 12.0. The van der Waals surface area contributed by atoms with Gasteiger partial charge >= 0.3 is 0 Å². The van der Waals surface area contributed by atoms with E-state index in [0.717, 1.165) is 11.1 Å². The zero-order chi connectivity index (χ0) is 8.97. The number of rotatable bonds is 1. The van der Waals surface area contributed by atoms with Crippen LogP contribution < -0.4 is 5.84 Å². The zero-order valence-electron chi connectivity index (χ0n) is 6.78. The highest BCUT2D eigenvalue weighted by molar-refractivity contribution is 5.79. The van der Waals surface area contributed by atoms with E-state index < -0.39 is 0 Å². The molecule has 0 saturated carbocycles. The van der Waals surface area contributed by atoms with E-state index in [4.69, 9.17) is 11.1 Å². The second-order valence-electron chi connectivity index (χ2n) is 2.46. The smallest absolute Gasteiger partial charge is 0.0994 e. The third-order valence-corrected chi connectivity index (χ3v) is 1.59. The lowest BCUT2D eigenvalue weighted by atomic mass is 10.1. The van der Waals surface area contributed by atoms with Gasteiger partial charge in [-0.1, -0.05) is 6.07 Å². The lowest BCUT2D eigenvalue weighted by molar-refractivity contribution is 1.26. The second-order valence-corrected chi connectivity index (χ2v) is 2.46. The van der Waals surface area contributed by atoms with Crippen molar-refractivity contribution >= 4 is 6.21 Å². The van der Waals surface area contributed by atoms with Crippen LogP contribution in [0, 0.1) is 18.3 Å². The Kier molecular flexibility index (Phi) is 2.44. The first-order valence-electron chi connectivity index (χ1n) is 3.52. The van der Waals surface area contributed by atoms with Gasteiger partial charge in [0.25, 0.3) is 0 Å². The Labute approximate surface area is 71.1 Å². The predicted molar refractivity (Wildman–Crippen MR) is 47.7 cm³/mol. The Hall–Kier alpha value is -1.82. The van der Waals surface area contributed by atoms with Crippen molar-refractivity contribution in [2.45, 2.75) is 6.92 Å². The van der Waals surface area contributed by atoms with Crippen molar-refractivity contribution in [1.29, 1.82) is 5.26 Å². The third kappa shape index (κ3) is 1.61. The number of hydrogen-bond acceptors (Lipinski definition) is 3. The lowest BCUT2D eigenvalue weighted by Gasteiger charge is -1.97. The number of hydrogen-bond donors (Lipinski definition) is 1. The Morgan fingerprint density at radius 3 is 2.83 bits per heavy atom. The molecule has 1 aromatic carbocycles. The van der Waals surface area contributed by atoms with Gasteiger partial charge < -0.3 is 5.84 Å². The maximum Gasteiger partial charge on any atom is 0.0994 e. The summed E-state index contributed by atoms with van der Waals surface area (Å²) in [5.74, 6) is 4.99. The standard InChI is InChI=1S/C9H9N3/c1-7-4-8(6-12-11)2-3-9(7)5-10/h2-4,6H,11H2,1H3. The van der Waals surface area contributed by atoms with Crippen LogP contribution in [-0.2, 0) is 0 Å². The molecule has 1 rings (SSSR count). The maximum atomic E-state index is 8.63. The van der Waals surface area contributed by atoms with Gasteiger partial charge in [0.05, 0.1) is 17.8 Å². The molecule has 0 atom stereocenters. The average Bonchev–Trinajstić information content (AvgIpc) is 2.05. The van der Waals surface area contributed by atoms with E-state index in [1.165, 1.54) is 0 Å². The normalized spacial score (nSPS) is 10.0. The van der Waals surface area contributed by atoms with Crippen molar-refractivity contribution in [3.63, 3.8) is 0 Å². The fourth-order valence-corrected chi connectivity index (χ4v) is 0.979. The minimum Gasteiger partial charge on any atom is -0.323 e. The summed E-state index contributed by atoms with van der Waals surface area (Å²) in [6, 6.07) is 7.52. The molecule has 0 bridgehead atoms. The highest BCUT2D eigenvalue weighted by atomic mass is 15.1. The van der Waals surface area contributed by atoms with Gasteiger partial charge in [-0.2, -0.15) is 10.4 Å². The molecule has 12 heavy (non-hydrogen) atoms. The van der Waals surface area contributed by atoms with E-state index in [0.29, 0.717) is 5.56 Å². The number of aryl methyl sites for hydroxylation is 1. The van der Waals surface area contributed by atoms with E-state index in [9.17, 15) is 0 Å². The molecular weight excluding hydrogens is 150 g/mol. The van der Waals surface area contributed by atoms with E-state index in [1.807, 2.05) is 19.1 Å². The molecule has 3 nitrogen and oxygen atoms in total. The molecule has 60 valence electrons.